The van der Waals surface area contributed by atoms with Crippen molar-refractivity contribution in [1.82, 2.24) is 9.97 Å². The SMILES string of the molecule is Cc1ccc(NC(=O)c2cccc(C(F)(F)F)c2)cc1NC(=O)N(C)c1cc(NCc2ccc(Cl)cc2)ncn1. The van der Waals surface area contributed by atoms with Crippen LogP contribution in [0.15, 0.2) is 79.1 Å². The Bertz CT molecular complexity index is 1530. The molecule has 4 rings (SSSR count). The first-order valence-corrected chi connectivity index (χ1v) is 12.3. The van der Waals surface area contributed by atoms with E-state index in [9.17, 15) is 22.8 Å². The van der Waals surface area contributed by atoms with Crippen molar-refractivity contribution < 1.29 is 22.8 Å². The molecule has 0 fully saturated rings. The molecule has 206 valence electrons. The lowest BCUT2D eigenvalue weighted by Gasteiger charge is -2.19. The van der Waals surface area contributed by atoms with Gasteiger partial charge in [-0.05, 0) is 60.5 Å². The number of urea groups is 1. The van der Waals surface area contributed by atoms with Gasteiger partial charge in [-0.2, -0.15) is 13.2 Å². The van der Waals surface area contributed by atoms with E-state index in [-0.39, 0.29) is 5.56 Å². The summed E-state index contributed by atoms with van der Waals surface area (Å²) in [6.45, 7) is 2.25. The standard InChI is InChI=1S/C28H24ClF3N6O2/c1-17-6-11-22(36-26(39)19-4-3-5-20(12-19)28(30,31)32)13-23(17)37-27(40)38(2)25-14-24(34-16-35-25)33-15-18-7-9-21(29)10-8-18/h3-14,16H,15H2,1-2H3,(H,36,39)(H,37,40)(H,33,34,35). The summed E-state index contributed by atoms with van der Waals surface area (Å²) in [6, 6.07) is 17.4. The zero-order chi connectivity index (χ0) is 28.9. The van der Waals surface area contributed by atoms with Gasteiger partial charge in [-0.25, -0.2) is 14.8 Å². The van der Waals surface area contributed by atoms with Gasteiger partial charge in [-0.1, -0.05) is 35.9 Å². The Balaban J connectivity index is 1.42. The number of hydrogen-bond donors (Lipinski definition) is 3. The average Bonchev–Trinajstić information content (AvgIpc) is 2.94. The summed E-state index contributed by atoms with van der Waals surface area (Å²) < 4.78 is 39.0. The number of benzene rings is 3. The van der Waals surface area contributed by atoms with E-state index in [2.05, 4.69) is 25.9 Å². The summed E-state index contributed by atoms with van der Waals surface area (Å²) in [5, 5.41) is 9.14. The molecular formula is C28H24ClF3N6O2. The molecule has 0 radical (unpaired) electrons. The number of aromatic nitrogens is 2. The van der Waals surface area contributed by atoms with E-state index in [1.165, 1.54) is 36.5 Å². The molecule has 0 spiro atoms. The van der Waals surface area contributed by atoms with Crippen molar-refractivity contribution in [3.8, 4) is 0 Å². The second-order valence-corrected chi connectivity index (χ2v) is 9.23. The van der Waals surface area contributed by atoms with Gasteiger partial charge in [-0.15, -0.1) is 0 Å². The number of nitrogens with zero attached hydrogens (tertiary/aromatic N) is 3. The summed E-state index contributed by atoms with van der Waals surface area (Å²) in [5.74, 6) is 0.122. The number of nitrogens with one attached hydrogen (secondary N) is 3. The second kappa shape index (κ2) is 12.0. The van der Waals surface area contributed by atoms with Gasteiger partial charge in [0.25, 0.3) is 5.91 Å². The molecular weight excluding hydrogens is 545 g/mol. The first-order valence-electron chi connectivity index (χ1n) is 11.9. The zero-order valence-corrected chi connectivity index (χ0v) is 22.1. The normalized spacial score (nSPS) is 11.1. The lowest BCUT2D eigenvalue weighted by atomic mass is 10.1. The zero-order valence-electron chi connectivity index (χ0n) is 21.4. The van der Waals surface area contributed by atoms with Crippen LogP contribution in [0, 0.1) is 6.92 Å². The van der Waals surface area contributed by atoms with Gasteiger partial charge >= 0.3 is 12.2 Å². The minimum atomic E-state index is -4.57. The van der Waals surface area contributed by atoms with Crippen molar-refractivity contribution in [1.29, 1.82) is 0 Å². The van der Waals surface area contributed by atoms with Gasteiger partial charge in [-0.3, -0.25) is 9.69 Å². The molecule has 3 aromatic carbocycles. The molecule has 0 aliphatic carbocycles. The maximum absolute atomic E-state index is 13.0. The average molecular weight is 569 g/mol. The van der Waals surface area contributed by atoms with Crippen LogP contribution in [-0.2, 0) is 12.7 Å². The molecule has 3 amide bonds. The van der Waals surface area contributed by atoms with E-state index in [1.54, 1.807) is 37.3 Å². The van der Waals surface area contributed by atoms with Crippen LogP contribution in [0.4, 0.5) is 41.0 Å². The molecule has 3 N–H and O–H groups in total. The number of anilines is 4. The van der Waals surface area contributed by atoms with E-state index in [1.807, 2.05) is 12.1 Å². The number of rotatable bonds is 7. The molecule has 40 heavy (non-hydrogen) atoms. The van der Waals surface area contributed by atoms with Gasteiger partial charge in [0, 0.05) is 41.6 Å². The number of halogens is 4. The van der Waals surface area contributed by atoms with Gasteiger partial charge < -0.3 is 16.0 Å². The number of alkyl halides is 3. The summed E-state index contributed by atoms with van der Waals surface area (Å²) in [7, 11) is 1.54. The molecule has 0 unspecified atom stereocenters. The molecule has 12 heteroatoms. The fourth-order valence-electron chi connectivity index (χ4n) is 3.60. The largest absolute Gasteiger partial charge is 0.416 e. The topological polar surface area (TPSA) is 99.2 Å². The van der Waals surface area contributed by atoms with Crippen molar-refractivity contribution in [3.05, 3.63) is 106 Å². The first-order chi connectivity index (χ1) is 19.0. The van der Waals surface area contributed by atoms with Gasteiger partial charge in [0.1, 0.15) is 18.0 Å². The smallest absolute Gasteiger partial charge is 0.366 e. The quantitative estimate of drug-likeness (QED) is 0.223. The van der Waals surface area contributed by atoms with Crippen LogP contribution >= 0.6 is 11.6 Å². The molecule has 1 aromatic heterocycles. The fourth-order valence-corrected chi connectivity index (χ4v) is 3.73. The van der Waals surface area contributed by atoms with Crippen molar-refractivity contribution in [2.75, 3.05) is 27.9 Å². The summed E-state index contributed by atoms with van der Waals surface area (Å²) in [4.78, 5) is 35.2. The Labute approximate surface area is 233 Å². The van der Waals surface area contributed by atoms with Crippen LogP contribution in [0.3, 0.4) is 0 Å². The first kappa shape index (κ1) is 28.4. The number of carbonyl (C=O) groups is 2. The van der Waals surface area contributed by atoms with Crippen molar-refractivity contribution in [2.45, 2.75) is 19.6 Å². The molecule has 0 saturated carbocycles. The van der Waals surface area contributed by atoms with E-state index < -0.39 is 23.7 Å². The van der Waals surface area contributed by atoms with Crippen LogP contribution in [0.2, 0.25) is 5.02 Å². The van der Waals surface area contributed by atoms with Gasteiger partial charge in [0.15, 0.2) is 0 Å². The molecule has 0 aliphatic heterocycles. The predicted molar refractivity (Wildman–Crippen MR) is 149 cm³/mol. The number of hydrogen-bond acceptors (Lipinski definition) is 5. The number of aryl methyl sites for hydroxylation is 1. The lowest BCUT2D eigenvalue weighted by Crippen LogP contribution is -2.32. The Morgan fingerprint density at radius 1 is 0.950 bits per heavy atom. The number of carbonyl (C=O) groups excluding carboxylic acids is 2. The minimum absolute atomic E-state index is 0.148. The summed E-state index contributed by atoms with van der Waals surface area (Å²) >= 11 is 5.92. The molecule has 4 aromatic rings. The van der Waals surface area contributed by atoms with E-state index in [0.29, 0.717) is 40.1 Å². The van der Waals surface area contributed by atoms with Gasteiger partial charge in [0.05, 0.1) is 5.56 Å². The third kappa shape index (κ3) is 7.26. The van der Waals surface area contributed by atoms with Crippen LogP contribution in [-0.4, -0.2) is 29.0 Å². The molecule has 1 heterocycles. The highest BCUT2D eigenvalue weighted by molar-refractivity contribution is 6.30. The van der Waals surface area contributed by atoms with Crippen molar-refractivity contribution in [2.24, 2.45) is 0 Å². The third-order valence-corrected chi connectivity index (χ3v) is 6.13. The molecule has 8 nitrogen and oxygen atoms in total. The Morgan fingerprint density at radius 2 is 1.70 bits per heavy atom. The molecule has 0 saturated heterocycles. The maximum atomic E-state index is 13.0. The minimum Gasteiger partial charge on any atom is -0.366 e. The molecule has 0 aliphatic rings. The fraction of sp³-hybridized carbons (Fsp3) is 0.143. The Morgan fingerprint density at radius 3 is 2.42 bits per heavy atom. The van der Waals surface area contributed by atoms with Crippen molar-refractivity contribution >= 4 is 46.5 Å². The monoisotopic (exact) mass is 568 g/mol. The summed E-state index contributed by atoms with van der Waals surface area (Å²) in [6.07, 6.45) is -3.24. The Hall–Kier alpha value is -4.64. The van der Waals surface area contributed by atoms with Crippen LogP contribution in [0.25, 0.3) is 0 Å². The maximum Gasteiger partial charge on any atom is 0.416 e. The second-order valence-electron chi connectivity index (χ2n) is 8.79. The van der Waals surface area contributed by atoms with Crippen LogP contribution in [0.1, 0.15) is 27.0 Å². The highest BCUT2D eigenvalue weighted by Gasteiger charge is 2.31. The van der Waals surface area contributed by atoms with E-state index in [0.717, 1.165) is 17.7 Å². The van der Waals surface area contributed by atoms with E-state index >= 15 is 0 Å². The third-order valence-electron chi connectivity index (χ3n) is 5.88. The predicted octanol–water partition coefficient (Wildman–Crippen LogP) is 6.99. The number of amides is 3. The van der Waals surface area contributed by atoms with E-state index in [4.69, 9.17) is 11.6 Å². The van der Waals surface area contributed by atoms with Crippen LogP contribution in [0.5, 0.6) is 0 Å². The Kier molecular flexibility index (Phi) is 8.54. The van der Waals surface area contributed by atoms with Gasteiger partial charge in [0.2, 0.25) is 0 Å². The van der Waals surface area contributed by atoms with Crippen molar-refractivity contribution in [3.63, 3.8) is 0 Å². The highest BCUT2D eigenvalue weighted by Crippen LogP contribution is 2.30. The highest BCUT2D eigenvalue weighted by atomic mass is 35.5. The molecule has 0 bridgehead atoms. The molecule has 0 atom stereocenters. The summed E-state index contributed by atoms with van der Waals surface area (Å²) in [5.41, 5.74) is 1.31. The van der Waals surface area contributed by atoms with Crippen LogP contribution < -0.4 is 20.9 Å². The lowest BCUT2D eigenvalue weighted by molar-refractivity contribution is -0.137.